The van der Waals surface area contributed by atoms with Crippen LogP contribution < -0.4 is 5.32 Å². The van der Waals surface area contributed by atoms with Crippen molar-refractivity contribution >= 4 is 11.6 Å². The van der Waals surface area contributed by atoms with Gasteiger partial charge in [-0.3, -0.25) is 4.79 Å². The molecule has 0 spiro atoms. The van der Waals surface area contributed by atoms with Gasteiger partial charge in [0.25, 0.3) is 0 Å². The van der Waals surface area contributed by atoms with Gasteiger partial charge in [-0.15, -0.1) is 0 Å². The van der Waals surface area contributed by atoms with Gasteiger partial charge in [0.2, 0.25) is 5.91 Å². The first-order valence-corrected chi connectivity index (χ1v) is 8.61. The first kappa shape index (κ1) is 15.5. The smallest absolute Gasteiger partial charge is 0.225 e. The third-order valence-electron chi connectivity index (χ3n) is 4.95. The molecule has 3 rings (SSSR count). The van der Waals surface area contributed by atoms with Crippen molar-refractivity contribution in [3.8, 4) is 0 Å². The Kier molecular flexibility index (Phi) is 5.11. The molecule has 1 heterocycles. The molecule has 1 N–H and O–H groups in total. The molecule has 0 unspecified atom stereocenters. The zero-order chi connectivity index (χ0) is 15.4. The van der Waals surface area contributed by atoms with E-state index in [2.05, 4.69) is 34.2 Å². The molecule has 0 saturated carbocycles. The summed E-state index contributed by atoms with van der Waals surface area (Å²) in [5, 5.41) is 3.06. The Balaban J connectivity index is 1.43. The number of piperazine rings is 1. The highest BCUT2D eigenvalue weighted by atomic mass is 16.1. The Morgan fingerprint density at radius 2 is 1.82 bits per heavy atom. The van der Waals surface area contributed by atoms with Crippen LogP contribution in [0.25, 0.3) is 0 Å². The van der Waals surface area contributed by atoms with Gasteiger partial charge in [0.1, 0.15) is 0 Å². The molecule has 1 aromatic rings. The molecule has 1 aromatic carbocycles. The van der Waals surface area contributed by atoms with Crippen LogP contribution in [0.2, 0.25) is 0 Å². The first-order valence-electron chi connectivity index (χ1n) is 8.61. The number of amides is 1. The maximum Gasteiger partial charge on any atom is 0.225 e. The van der Waals surface area contributed by atoms with Gasteiger partial charge in [0.15, 0.2) is 0 Å². The minimum absolute atomic E-state index is 0.135. The summed E-state index contributed by atoms with van der Waals surface area (Å²) >= 11 is 0. The Hall–Kier alpha value is -1.39. The van der Waals surface area contributed by atoms with Gasteiger partial charge < -0.3 is 15.1 Å². The minimum Gasteiger partial charge on any atom is -0.326 e. The molecule has 1 aliphatic heterocycles. The van der Waals surface area contributed by atoms with Crippen molar-refractivity contribution in [3.05, 3.63) is 29.3 Å². The number of rotatable bonds is 5. The second-order valence-electron chi connectivity index (χ2n) is 6.41. The number of aryl methyl sites for hydroxylation is 2. The van der Waals surface area contributed by atoms with Crippen molar-refractivity contribution in [2.45, 2.75) is 32.6 Å². The second kappa shape index (κ2) is 7.25. The van der Waals surface area contributed by atoms with Crippen LogP contribution in [0.5, 0.6) is 0 Å². The molecule has 0 aromatic heterocycles. The summed E-state index contributed by atoms with van der Waals surface area (Å²) in [5.41, 5.74) is 3.82. The van der Waals surface area contributed by atoms with Gasteiger partial charge in [-0.2, -0.15) is 0 Å². The van der Waals surface area contributed by atoms with Crippen molar-refractivity contribution in [1.82, 2.24) is 9.80 Å². The Morgan fingerprint density at radius 1 is 1.09 bits per heavy atom. The normalized spacial score (nSPS) is 19.1. The summed E-state index contributed by atoms with van der Waals surface area (Å²) in [6, 6.07) is 6.37. The highest BCUT2D eigenvalue weighted by molar-refractivity contribution is 5.91. The third kappa shape index (κ3) is 3.87. The zero-order valence-corrected chi connectivity index (χ0v) is 13.6. The quantitative estimate of drug-likeness (QED) is 0.905. The van der Waals surface area contributed by atoms with Crippen LogP contribution >= 0.6 is 0 Å². The molecule has 2 aliphatic rings. The van der Waals surface area contributed by atoms with Crippen LogP contribution in [0.4, 0.5) is 5.69 Å². The fourth-order valence-corrected chi connectivity index (χ4v) is 3.46. The van der Waals surface area contributed by atoms with Gasteiger partial charge in [0, 0.05) is 44.8 Å². The van der Waals surface area contributed by atoms with E-state index in [1.54, 1.807) is 0 Å². The predicted octanol–water partition coefficient (Wildman–Crippen LogP) is 2.14. The molecule has 0 atom stereocenters. The number of anilines is 1. The highest BCUT2D eigenvalue weighted by Crippen LogP contribution is 2.24. The SMILES string of the molecule is CCN1CCN(CCC(=O)Nc2ccc3c(c2)CCC3)CC1. The number of carbonyl (C=O) groups is 1. The Morgan fingerprint density at radius 3 is 2.59 bits per heavy atom. The average Bonchev–Trinajstić information content (AvgIpc) is 3.01. The fourth-order valence-electron chi connectivity index (χ4n) is 3.46. The molecule has 1 aliphatic carbocycles. The van der Waals surface area contributed by atoms with Crippen molar-refractivity contribution in [3.63, 3.8) is 0 Å². The lowest BCUT2D eigenvalue weighted by atomic mass is 10.1. The summed E-state index contributed by atoms with van der Waals surface area (Å²) in [5.74, 6) is 0.135. The molecule has 120 valence electrons. The summed E-state index contributed by atoms with van der Waals surface area (Å²) < 4.78 is 0. The molecule has 4 nitrogen and oxygen atoms in total. The number of likely N-dealkylation sites (N-methyl/N-ethyl adjacent to an activating group) is 1. The monoisotopic (exact) mass is 301 g/mol. The van der Waals surface area contributed by atoms with E-state index in [4.69, 9.17) is 0 Å². The zero-order valence-electron chi connectivity index (χ0n) is 13.6. The van der Waals surface area contributed by atoms with Gasteiger partial charge in [0.05, 0.1) is 0 Å². The lowest BCUT2D eigenvalue weighted by Crippen LogP contribution is -2.46. The summed E-state index contributed by atoms with van der Waals surface area (Å²) in [6.07, 6.45) is 4.17. The predicted molar refractivity (Wildman–Crippen MR) is 90.3 cm³/mol. The lowest BCUT2D eigenvalue weighted by Gasteiger charge is -2.33. The Bertz CT molecular complexity index is 521. The lowest BCUT2D eigenvalue weighted by molar-refractivity contribution is -0.116. The van der Waals surface area contributed by atoms with Crippen LogP contribution in [0.3, 0.4) is 0 Å². The van der Waals surface area contributed by atoms with Crippen molar-refractivity contribution in [2.75, 3.05) is 44.6 Å². The van der Waals surface area contributed by atoms with E-state index in [9.17, 15) is 4.79 Å². The van der Waals surface area contributed by atoms with Crippen molar-refractivity contribution in [1.29, 1.82) is 0 Å². The summed E-state index contributed by atoms with van der Waals surface area (Å²) in [4.78, 5) is 17.0. The molecule has 4 heteroatoms. The highest BCUT2D eigenvalue weighted by Gasteiger charge is 2.16. The Labute approximate surface area is 133 Å². The number of hydrogen-bond donors (Lipinski definition) is 1. The summed E-state index contributed by atoms with van der Waals surface area (Å²) in [6.45, 7) is 8.63. The molecule has 1 fully saturated rings. The van der Waals surface area contributed by atoms with E-state index < -0.39 is 0 Å². The number of hydrogen-bond acceptors (Lipinski definition) is 3. The molecule has 0 radical (unpaired) electrons. The third-order valence-corrected chi connectivity index (χ3v) is 4.95. The van der Waals surface area contributed by atoms with Gasteiger partial charge >= 0.3 is 0 Å². The van der Waals surface area contributed by atoms with Crippen LogP contribution in [-0.4, -0.2) is 55.0 Å². The van der Waals surface area contributed by atoms with E-state index >= 15 is 0 Å². The van der Waals surface area contributed by atoms with Crippen molar-refractivity contribution in [2.24, 2.45) is 0 Å². The largest absolute Gasteiger partial charge is 0.326 e. The fraction of sp³-hybridized carbons (Fsp3) is 0.611. The van der Waals surface area contributed by atoms with E-state index in [0.717, 1.165) is 51.4 Å². The van der Waals surface area contributed by atoms with E-state index in [0.29, 0.717) is 6.42 Å². The minimum atomic E-state index is 0.135. The number of benzene rings is 1. The molecular weight excluding hydrogens is 274 g/mol. The second-order valence-corrected chi connectivity index (χ2v) is 6.41. The van der Waals surface area contributed by atoms with Gasteiger partial charge in [-0.05, 0) is 49.1 Å². The van der Waals surface area contributed by atoms with Crippen LogP contribution in [0, 0.1) is 0 Å². The van der Waals surface area contributed by atoms with Gasteiger partial charge in [-0.25, -0.2) is 0 Å². The number of fused-ring (bicyclic) bond motifs is 1. The van der Waals surface area contributed by atoms with Crippen molar-refractivity contribution < 1.29 is 4.79 Å². The van der Waals surface area contributed by atoms with E-state index in [1.165, 1.54) is 24.0 Å². The standard InChI is InChI=1S/C18H27N3O/c1-2-20-10-12-21(13-11-20)9-8-18(22)19-17-7-6-15-4-3-5-16(15)14-17/h6-7,14H,2-5,8-13H2,1H3,(H,19,22). The van der Waals surface area contributed by atoms with Crippen LogP contribution in [0.15, 0.2) is 18.2 Å². The van der Waals surface area contributed by atoms with E-state index in [-0.39, 0.29) is 5.91 Å². The molecule has 1 amide bonds. The van der Waals surface area contributed by atoms with Crippen LogP contribution in [0.1, 0.15) is 30.9 Å². The van der Waals surface area contributed by atoms with Gasteiger partial charge in [-0.1, -0.05) is 13.0 Å². The molecule has 1 saturated heterocycles. The maximum absolute atomic E-state index is 12.1. The summed E-state index contributed by atoms with van der Waals surface area (Å²) in [7, 11) is 0. The average molecular weight is 301 g/mol. The molecular formula is C18H27N3O. The maximum atomic E-state index is 12.1. The molecule has 0 bridgehead atoms. The first-order chi connectivity index (χ1) is 10.7. The topological polar surface area (TPSA) is 35.6 Å². The van der Waals surface area contributed by atoms with E-state index in [1.807, 2.05) is 6.07 Å². The number of nitrogens with zero attached hydrogens (tertiary/aromatic N) is 2. The van der Waals surface area contributed by atoms with Crippen LogP contribution in [-0.2, 0) is 17.6 Å². The number of carbonyl (C=O) groups excluding carboxylic acids is 1. The molecule has 22 heavy (non-hydrogen) atoms. The number of nitrogens with one attached hydrogen (secondary N) is 1.